The summed E-state index contributed by atoms with van der Waals surface area (Å²) in [6.45, 7) is 0. The van der Waals surface area contributed by atoms with Crippen LogP contribution in [0.4, 0.5) is 5.69 Å². The van der Waals surface area contributed by atoms with Crippen molar-refractivity contribution < 1.29 is 29.3 Å². The zero-order valence-corrected chi connectivity index (χ0v) is 16.1. The van der Waals surface area contributed by atoms with Crippen molar-refractivity contribution in [2.24, 2.45) is 0 Å². The van der Waals surface area contributed by atoms with Crippen LogP contribution < -0.4 is 15.2 Å². The first-order chi connectivity index (χ1) is 14.9. The fourth-order valence-electron chi connectivity index (χ4n) is 3.10. The summed E-state index contributed by atoms with van der Waals surface area (Å²) < 4.78 is 11.9. The Labute approximate surface area is 176 Å². The Bertz CT molecular complexity index is 1300. The molecule has 31 heavy (non-hydrogen) atoms. The summed E-state index contributed by atoms with van der Waals surface area (Å²) in [7, 11) is 0. The minimum atomic E-state index is -1.36. The van der Waals surface area contributed by atoms with Crippen molar-refractivity contribution in [1.82, 2.24) is 0 Å². The summed E-state index contributed by atoms with van der Waals surface area (Å²) >= 11 is 0. The summed E-state index contributed by atoms with van der Waals surface area (Å²) in [5, 5.41) is 20.4. The van der Waals surface area contributed by atoms with Crippen LogP contribution in [-0.4, -0.2) is 22.2 Å². The van der Waals surface area contributed by atoms with Gasteiger partial charge in [0.1, 0.15) is 11.5 Å². The number of hydrogen-bond donors (Lipinski definition) is 3. The van der Waals surface area contributed by atoms with Crippen LogP contribution in [0, 0.1) is 0 Å². The van der Waals surface area contributed by atoms with Gasteiger partial charge in [-0.2, -0.15) is 0 Å². The first-order valence-corrected chi connectivity index (χ1v) is 9.25. The van der Waals surface area contributed by atoms with Crippen LogP contribution in [0.15, 0.2) is 78.9 Å². The van der Waals surface area contributed by atoms with E-state index in [0.29, 0.717) is 22.9 Å². The van der Waals surface area contributed by atoms with E-state index in [-0.39, 0.29) is 16.9 Å². The SMILES string of the molecule is Nc1ccc(Oc2cc3ccccc3cc2Oc2ccc(C(=O)O)c(C(=O)O)c2)cc1. The van der Waals surface area contributed by atoms with Crippen molar-refractivity contribution >= 4 is 28.4 Å². The van der Waals surface area contributed by atoms with E-state index in [0.717, 1.165) is 10.8 Å². The van der Waals surface area contributed by atoms with E-state index in [1.165, 1.54) is 18.2 Å². The molecule has 4 aromatic carbocycles. The molecule has 0 bridgehead atoms. The van der Waals surface area contributed by atoms with Crippen molar-refractivity contribution in [3.8, 4) is 23.0 Å². The van der Waals surface area contributed by atoms with Crippen molar-refractivity contribution in [1.29, 1.82) is 0 Å². The molecule has 0 spiro atoms. The molecule has 0 aliphatic heterocycles. The molecule has 0 saturated carbocycles. The molecule has 4 aromatic rings. The highest BCUT2D eigenvalue weighted by atomic mass is 16.5. The second kappa shape index (κ2) is 8.08. The number of rotatable bonds is 6. The molecule has 7 nitrogen and oxygen atoms in total. The Hall–Kier alpha value is -4.52. The maximum absolute atomic E-state index is 11.5. The van der Waals surface area contributed by atoms with Crippen LogP contribution in [-0.2, 0) is 0 Å². The highest BCUT2D eigenvalue weighted by Crippen LogP contribution is 2.38. The van der Waals surface area contributed by atoms with E-state index in [1.54, 1.807) is 30.3 Å². The van der Waals surface area contributed by atoms with Gasteiger partial charge >= 0.3 is 11.9 Å². The minimum Gasteiger partial charge on any atom is -0.478 e. The number of aromatic carboxylic acids is 2. The first-order valence-electron chi connectivity index (χ1n) is 9.25. The summed E-state index contributed by atoms with van der Waals surface area (Å²) in [5.74, 6) is -1.24. The Balaban J connectivity index is 1.77. The summed E-state index contributed by atoms with van der Waals surface area (Å²) in [5.41, 5.74) is 5.64. The summed E-state index contributed by atoms with van der Waals surface area (Å²) in [6, 6.07) is 21.8. The minimum absolute atomic E-state index is 0.167. The van der Waals surface area contributed by atoms with E-state index in [1.807, 2.05) is 30.3 Å². The molecule has 0 radical (unpaired) electrons. The lowest BCUT2D eigenvalue weighted by molar-refractivity contribution is 0.0651. The Kier molecular flexibility index (Phi) is 5.15. The molecule has 0 saturated heterocycles. The largest absolute Gasteiger partial charge is 0.478 e. The zero-order chi connectivity index (χ0) is 22.0. The third-order valence-corrected chi connectivity index (χ3v) is 4.60. The average Bonchev–Trinajstić information content (AvgIpc) is 2.75. The summed E-state index contributed by atoms with van der Waals surface area (Å²) in [4.78, 5) is 22.8. The lowest BCUT2D eigenvalue weighted by Crippen LogP contribution is -2.08. The van der Waals surface area contributed by atoms with Crippen molar-refractivity contribution in [3.05, 3.63) is 90.0 Å². The van der Waals surface area contributed by atoms with Gasteiger partial charge in [0.25, 0.3) is 0 Å². The fraction of sp³-hybridized carbons (Fsp3) is 0. The molecular formula is C24H17NO6. The predicted octanol–water partition coefficient (Wildman–Crippen LogP) is 5.40. The monoisotopic (exact) mass is 415 g/mol. The molecule has 4 N–H and O–H groups in total. The highest BCUT2D eigenvalue weighted by Gasteiger charge is 2.18. The summed E-state index contributed by atoms with van der Waals surface area (Å²) in [6.07, 6.45) is 0. The molecule has 0 amide bonds. The number of hydrogen-bond acceptors (Lipinski definition) is 5. The third kappa shape index (κ3) is 4.25. The lowest BCUT2D eigenvalue weighted by Gasteiger charge is -2.15. The van der Waals surface area contributed by atoms with Gasteiger partial charge in [-0.25, -0.2) is 9.59 Å². The second-order valence-electron chi connectivity index (χ2n) is 6.74. The predicted molar refractivity (Wildman–Crippen MR) is 115 cm³/mol. The van der Waals surface area contributed by atoms with Gasteiger partial charge in [-0.15, -0.1) is 0 Å². The molecule has 154 valence electrons. The number of anilines is 1. The normalized spacial score (nSPS) is 10.6. The molecule has 0 unspecified atom stereocenters. The second-order valence-corrected chi connectivity index (χ2v) is 6.74. The number of carbonyl (C=O) groups is 2. The van der Waals surface area contributed by atoms with E-state index in [4.69, 9.17) is 15.2 Å². The van der Waals surface area contributed by atoms with Gasteiger partial charge in [0, 0.05) is 5.69 Å². The van der Waals surface area contributed by atoms with Crippen LogP contribution in [0.5, 0.6) is 23.0 Å². The lowest BCUT2D eigenvalue weighted by atomic mass is 10.1. The van der Waals surface area contributed by atoms with E-state index in [9.17, 15) is 19.8 Å². The number of nitrogen functional groups attached to an aromatic ring is 1. The van der Waals surface area contributed by atoms with Gasteiger partial charge in [0.2, 0.25) is 0 Å². The van der Waals surface area contributed by atoms with Crippen LogP contribution >= 0.6 is 0 Å². The number of carboxylic acid groups (broad SMARTS) is 2. The molecule has 0 atom stereocenters. The van der Waals surface area contributed by atoms with Crippen molar-refractivity contribution in [2.75, 3.05) is 5.73 Å². The third-order valence-electron chi connectivity index (χ3n) is 4.60. The molecule has 0 aliphatic rings. The molecule has 0 heterocycles. The van der Waals surface area contributed by atoms with Crippen molar-refractivity contribution in [2.45, 2.75) is 0 Å². The van der Waals surface area contributed by atoms with Crippen molar-refractivity contribution in [3.63, 3.8) is 0 Å². The molecule has 0 aromatic heterocycles. The zero-order valence-electron chi connectivity index (χ0n) is 16.1. The van der Waals surface area contributed by atoms with Gasteiger partial charge in [-0.1, -0.05) is 24.3 Å². The van der Waals surface area contributed by atoms with Gasteiger partial charge < -0.3 is 25.4 Å². The van der Waals surface area contributed by atoms with Gasteiger partial charge in [-0.05, 0) is 65.4 Å². The quantitative estimate of drug-likeness (QED) is 0.361. The number of carboxylic acids is 2. The maximum Gasteiger partial charge on any atom is 0.336 e. The molecule has 0 aliphatic carbocycles. The van der Waals surface area contributed by atoms with Gasteiger partial charge in [-0.3, -0.25) is 0 Å². The molecular weight excluding hydrogens is 398 g/mol. The first kappa shape index (κ1) is 19.8. The van der Waals surface area contributed by atoms with Gasteiger partial charge in [0.15, 0.2) is 11.5 Å². The Morgan fingerprint density at radius 2 is 1.16 bits per heavy atom. The Morgan fingerprint density at radius 3 is 1.71 bits per heavy atom. The van der Waals surface area contributed by atoms with Crippen LogP contribution in [0.1, 0.15) is 20.7 Å². The molecule has 4 rings (SSSR count). The van der Waals surface area contributed by atoms with E-state index < -0.39 is 11.9 Å². The fourth-order valence-corrected chi connectivity index (χ4v) is 3.10. The molecule has 0 fully saturated rings. The number of nitrogens with two attached hydrogens (primary N) is 1. The standard InChI is InChI=1S/C24H17NO6/c25-16-5-7-17(8-6-16)30-21-11-14-3-1-2-4-15(14)12-22(21)31-18-9-10-19(23(26)27)20(13-18)24(28)29/h1-13H,25H2,(H,26,27)(H,28,29). The average molecular weight is 415 g/mol. The van der Waals surface area contributed by atoms with Crippen LogP contribution in [0.3, 0.4) is 0 Å². The molecule has 7 heteroatoms. The van der Waals surface area contributed by atoms with E-state index in [2.05, 4.69) is 0 Å². The van der Waals surface area contributed by atoms with Crippen LogP contribution in [0.25, 0.3) is 10.8 Å². The van der Waals surface area contributed by atoms with Crippen LogP contribution in [0.2, 0.25) is 0 Å². The highest BCUT2D eigenvalue weighted by molar-refractivity contribution is 6.02. The number of ether oxygens (including phenoxy) is 2. The van der Waals surface area contributed by atoms with Gasteiger partial charge in [0.05, 0.1) is 11.1 Å². The number of fused-ring (bicyclic) bond motifs is 1. The Morgan fingerprint density at radius 1 is 0.645 bits per heavy atom. The topological polar surface area (TPSA) is 119 Å². The smallest absolute Gasteiger partial charge is 0.336 e. The maximum atomic E-state index is 11.5. The number of benzene rings is 4. The van der Waals surface area contributed by atoms with E-state index >= 15 is 0 Å².